The quantitative estimate of drug-likeness (QED) is 0.380. The molecular weight excluding hydrogens is 88.1 g/mol. The van der Waals surface area contributed by atoms with E-state index in [9.17, 15) is 0 Å². The summed E-state index contributed by atoms with van der Waals surface area (Å²) in [4.78, 5) is 0. The Morgan fingerprint density at radius 1 is 1.86 bits per heavy atom. The van der Waals surface area contributed by atoms with Crippen LogP contribution >= 0.6 is 0 Å². The van der Waals surface area contributed by atoms with Crippen LogP contribution in [0.5, 0.6) is 0 Å². The molecule has 0 atom stereocenters. The monoisotopic (exact) mass is 99.1 g/mol. The third kappa shape index (κ3) is 5.66. The largest absolute Gasteiger partial charge is 0.610 e. The fourth-order valence-electron chi connectivity index (χ4n) is 0.405. The predicted molar refractivity (Wildman–Crippen MR) is 31.8 cm³/mol. The van der Waals surface area contributed by atoms with Gasteiger partial charge in [0.25, 0.3) is 0 Å². The van der Waals surface area contributed by atoms with Crippen molar-refractivity contribution < 1.29 is 0 Å². The Bertz CT molecular complexity index is 66.5. The molecule has 1 N–H and O–H groups in total. The summed E-state index contributed by atoms with van der Waals surface area (Å²) in [6, 6.07) is 0. The molecule has 2 nitrogen and oxygen atoms in total. The van der Waals surface area contributed by atoms with Gasteiger partial charge >= 0.3 is 0 Å². The minimum atomic E-state index is 0.667. The van der Waals surface area contributed by atoms with Crippen molar-refractivity contribution in [1.29, 1.82) is 0 Å². The van der Waals surface area contributed by atoms with Gasteiger partial charge in [-0.25, -0.2) is 0 Å². The van der Waals surface area contributed by atoms with Crippen LogP contribution < -0.4 is 0 Å². The minimum absolute atomic E-state index is 0.667. The second-order valence-electron chi connectivity index (χ2n) is 1.81. The van der Waals surface area contributed by atoms with Crippen molar-refractivity contribution >= 4 is 0 Å². The van der Waals surface area contributed by atoms with Crippen LogP contribution in [0.4, 0.5) is 0 Å². The van der Waals surface area contributed by atoms with Gasteiger partial charge in [0.15, 0.2) is 0 Å². The molecule has 0 saturated carbocycles. The molecular formula is C5H11N2-. The summed E-state index contributed by atoms with van der Waals surface area (Å²) in [7, 11) is 1.70. The van der Waals surface area contributed by atoms with Gasteiger partial charge in [0.05, 0.1) is 0 Å². The Kier molecular flexibility index (Phi) is 2.64. The maximum atomic E-state index is 6.88. The summed E-state index contributed by atoms with van der Waals surface area (Å²) in [5, 5.41) is 1.35. The molecule has 0 radical (unpaired) electrons. The Morgan fingerprint density at radius 2 is 2.29 bits per heavy atom. The summed E-state index contributed by atoms with van der Waals surface area (Å²) < 4.78 is 0. The molecule has 2 heteroatoms. The molecule has 0 amide bonds. The first-order valence-corrected chi connectivity index (χ1v) is 2.19. The minimum Gasteiger partial charge on any atom is -0.610 e. The fourth-order valence-corrected chi connectivity index (χ4v) is 0.405. The highest BCUT2D eigenvalue weighted by atomic mass is 15.4. The van der Waals surface area contributed by atoms with E-state index in [4.69, 9.17) is 5.84 Å². The molecule has 0 bridgehead atoms. The molecule has 7 heavy (non-hydrogen) atoms. The molecule has 0 aliphatic rings. The van der Waals surface area contributed by atoms with E-state index in [2.05, 4.69) is 6.58 Å². The fraction of sp³-hybridized carbons (Fsp3) is 0.600. The number of hydrogen-bond donors (Lipinski definition) is 0. The Hall–Kier alpha value is -0.340. The van der Waals surface area contributed by atoms with E-state index in [1.54, 1.807) is 7.05 Å². The van der Waals surface area contributed by atoms with Crippen LogP contribution in [-0.4, -0.2) is 18.6 Å². The Morgan fingerprint density at radius 3 is 2.29 bits per heavy atom. The molecule has 0 unspecified atom stereocenters. The van der Waals surface area contributed by atoms with E-state index in [-0.39, 0.29) is 0 Å². The molecule has 0 heterocycles. The molecule has 0 aromatic carbocycles. The summed E-state index contributed by atoms with van der Waals surface area (Å²) in [6.07, 6.45) is 0. The zero-order valence-electron chi connectivity index (χ0n) is 4.86. The standard InChI is InChI=1S/C5H11N2/c1-5(2)4-7(3)6/h6H,1,4H2,2-3H3/q-1. The van der Waals surface area contributed by atoms with Gasteiger partial charge in [-0.1, -0.05) is 12.2 Å². The van der Waals surface area contributed by atoms with Gasteiger partial charge in [0.1, 0.15) is 0 Å². The van der Waals surface area contributed by atoms with Crippen LogP contribution in [0, 0.1) is 0 Å². The lowest BCUT2D eigenvalue weighted by atomic mass is 10.3. The van der Waals surface area contributed by atoms with Gasteiger partial charge in [0.2, 0.25) is 0 Å². The van der Waals surface area contributed by atoms with Crippen LogP contribution in [0.2, 0.25) is 0 Å². The average molecular weight is 99.2 g/mol. The third-order valence-corrected chi connectivity index (χ3v) is 0.507. The SMILES string of the molecule is C=C(C)CN(C)[NH-]. The van der Waals surface area contributed by atoms with Crippen LogP contribution in [0.25, 0.3) is 5.84 Å². The van der Waals surface area contributed by atoms with Crippen molar-refractivity contribution in [2.24, 2.45) is 0 Å². The lowest BCUT2D eigenvalue weighted by molar-refractivity contribution is 0.500. The number of nitrogens with zero attached hydrogens (tertiary/aromatic N) is 1. The molecule has 0 aliphatic carbocycles. The van der Waals surface area contributed by atoms with Gasteiger partial charge in [-0.3, -0.25) is 0 Å². The maximum absolute atomic E-state index is 6.88. The second kappa shape index (κ2) is 2.77. The van der Waals surface area contributed by atoms with E-state index in [0.29, 0.717) is 6.54 Å². The van der Waals surface area contributed by atoms with Gasteiger partial charge < -0.3 is 10.9 Å². The molecule has 0 aromatic rings. The topological polar surface area (TPSA) is 27.0 Å². The number of rotatable bonds is 2. The van der Waals surface area contributed by atoms with Crippen molar-refractivity contribution in [2.75, 3.05) is 13.6 Å². The summed E-state index contributed by atoms with van der Waals surface area (Å²) in [6.45, 7) is 6.21. The smallest absolute Gasteiger partial charge is 0.00113 e. The summed E-state index contributed by atoms with van der Waals surface area (Å²) >= 11 is 0. The first-order chi connectivity index (χ1) is 3.13. The van der Waals surface area contributed by atoms with Gasteiger partial charge in [-0.2, -0.15) is 0 Å². The summed E-state index contributed by atoms with van der Waals surface area (Å²) in [5.41, 5.74) is 1.03. The van der Waals surface area contributed by atoms with E-state index >= 15 is 0 Å². The van der Waals surface area contributed by atoms with E-state index in [0.717, 1.165) is 5.57 Å². The van der Waals surface area contributed by atoms with Crippen molar-refractivity contribution in [3.05, 3.63) is 18.0 Å². The Balaban J connectivity index is 3.13. The lowest BCUT2D eigenvalue weighted by Crippen LogP contribution is -2.08. The van der Waals surface area contributed by atoms with Crippen LogP contribution in [-0.2, 0) is 0 Å². The number of hydrogen-bond acceptors (Lipinski definition) is 1. The normalized spacial score (nSPS) is 9.71. The Labute approximate surface area is 44.6 Å². The molecule has 0 rings (SSSR count). The zero-order chi connectivity index (χ0) is 5.86. The van der Waals surface area contributed by atoms with E-state index in [1.165, 1.54) is 5.01 Å². The molecule has 0 spiro atoms. The molecule has 0 saturated heterocycles. The van der Waals surface area contributed by atoms with Gasteiger partial charge in [-0.15, -0.1) is 0 Å². The molecule has 0 aliphatic heterocycles. The first-order valence-electron chi connectivity index (χ1n) is 2.19. The number of likely N-dealkylation sites (N-methyl/N-ethyl adjacent to an activating group) is 1. The highest BCUT2D eigenvalue weighted by Gasteiger charge is 1.79. The van der Waals surface area contributed by atoms with Crippen LogP contribution in [0.3, 0.4) is 0 Å². The lowest BCUT2D eigenvalue weighted by Gasteiger charge is -2.18. The van der Waals surface area contributed by atoms with Crippen molar-refractivity contribution in [3.63, 3.8) is 0 Å². The van der Waals surface area contributed by atoms with Crippen molar-refractivity contribution in [3.8, 4) is 0 Å². The maximum Gasteiger partial charge on any atom is 0.00113 e. The molecule has 42 valence electrons. The highest BCUT2D eigenvalue weighted by Crippen LogP contribution is 1.88. The van der Waals surface area contributed by atoms with Crippen molar-refractivity contribution in [2.45, 2.75) is 6.92 Å². The van der Waals surface area contributed by atoms with Gasteiger partial charge in [-0.05, 0) is 14.0 Å². The van der Waals surface area contributed by atoms with E-state index in [1.807, 2.05) is 6.92 Å². The average Bonchev–Trinajstić information content (AvgIpc) is 1.27. The highest BCUT2D eigenvalue weighted by molar-refractivity contribution is 4.90. The molecule has 0 fully saturated rings. The zero-order valence-corrected chi connectivity index (χ0v) is 4.86. The first kappa shape index (κ1) is 6.66. The second-order valence-corrected chi connectivity index (χ2v) is 1.81. The van der Waals surface area contributed by atoms with Crippen LogP contribution in [0.1, 0.15) is 6.92 Å². The number of nitrogens with one attached hydrogen (secondary N) is 1. The van der Waals surface area contributed by atoms with Gasteiger partial charge in [0, 0.05) is 6.54 Å². The third-order valence-electron chi connectivity index (χ3n) is 0.507. The predicted octanol–water partition coefficient (Wildman–Crippen LogP) is 1.46. The summed E-state index contributed by atoms with van der Waals surface area (Å²) in [5.74, 6) is 6.88. The van der Waals surface area contributed by atoms with Crippen LogP contribution in [0.15, 0.2) is 12.2 Å². The van der Waals surface area contributed by atoms with Crippen molar-refractivity contribution in [1.82, 2.24) is 5.01 Å². The molecule has 0 aromatic heterocycles. The van der Waals surface area contributed by atoms with E-state index < -0.39 is 0 Å².